The Kier molecular flexibility index (Phi) is 3.14. The van der Waals surface area contributed by atoms with Gasteiger partial charge >= 0.3 is 0 Å². The molecule has 0 bridgehead atoms. The Hall–Kier alpha value is -1.10. The lowest BCUT2D eigenvalue weighted by atomic mass is 10.0. The lowest BCUT2D eigenvalue weighted by Crippen LogP contribution is -2.36. The highest BCUT2D eigenvalue weighted by Gasteiger charge is 2.42. The van der Waals surface area contributed by atoms with E-state index in [0.717, 1.165) is 19.3 Å². The molecule has 0 aromatic carbocycles. The monoisotopic (exact) mass is 226 g/mol. The minimum atomic E-state index is -0.211. The highest BCUT2D eigenvalue weighted by Crippen LogP contribution is 2.47. The van der Waals surface area contributed by atoms with Crippen molar-refractivity contribution in [2.75, 3.05) is 19.7 Å². The summed E-state index contributed by atoms with van der Waals surface area (Å²) in [6.45, 7) is 1.27. The lowest BCUT2D eigenvalue weighted by molar-refractivity contribution is -0.126. The van der Waals surface area contributed by atoms with Crippen LogP contribution in [0.5, 0.6) is 0 Å². The van der Waals surface area contributed by atoms with Crippen LogP contribution in [-0.2, 0) is 9.59 Å². The third kappa shape index (κ3) is 2.52. The van der Waals surface area contributed by atoms with Gasteiger partial charge in [-0.05, 0) is 24.7 Å². The molecule has 1 atom stereocenters. The molecule has 0 spiro atoms. The summed E-state index contributed by atoms with van der Waals surface area (Å²) in [5, 5.41) is 14.4. The minimum absolute atomic E-state index is 0.0393. The van der Waals surface area contributed by atoms with E-state index >= 15 is 0 Å². The van der Waals surface area contributed by atoms with Crippen LogP contribution in [0.4, 0.5) is 0 Å². The molecule has 3 N–H and O–H groups in total. The summed E-state index contributed by atoms with van der Waals surface area (Å²) in [6.07, 6.45) is 3.22. The lowest BCUT2D eigenvalue weighted by Gasteiger charge is -2.16. The molecule has 1 aliphatic heterocycles. The van der Waals surface area contributed by atoms with Crippen molar-refractivity contribution >= 4 is 11.8 Å². The third-order valence-corrected chi connectivity index (χ3v) is 3.59. The number of aliphatic hydroxyl groups excluding tert-OH is 1. The first-order valence-corrected chi connectivity index (χ1v) is 5.80. The fourth-order valence-electron chi connectivity index (χ4n) is 2.14. The van der Waals surface area contributed by atoms with Gasteiger partial charge in [0.1, 0.15) is 0 Å². The van der Waals surface area contributed by atoms with E-state index in [4.69, 9.17) is 5.11 Å². The topological polar surface area (TPSA) is 78.4 Å². The molecule has 2 aliphatic rings. The van der Waals surface area contributed by atoms with Crippen molar-refractivity contribution in [3.63, 3.8) is 0 Å². The first-order chi connectivity index (χ1) is 7.65. The van der Waals surface area contributed by atoms with Crippen LogP contribution in [0.3, 0.4) is 0 Å². The second-order valence-corrected chi connectivity index (χ2v) is 4.90. The zero-order chi connectivity index (χ0) is 11.6. The van der Waals surface area contributed by atoms with E-state index in [-0.39, 0.29) is 29.8 Å². The maximum absolute atomic E-state index is 11.7. The number of carbonyl (C=O) groups is 2. The van der Waals surface area contributed by atoms with Crippen LogP contribution in [0.15, 0.2) is 0 Å². The highest BCUT2D eigenvalue weighted by atomic mass is 16.3. The summed E-state index contributed by atoms with van der Waals surface area (Å²) < 4.78 is 0. The molecule has 2 rings (SSSR count). The third-order valence-electron chi connectivity index (χ3n) is 3.59. The highest BCUT2D eigenvalue weighted by molar-refractivity contribution is 5.89. The summed E-state index contributed by atoms with van der Waals surface area (Å²) in [6, 6.07) is 0. The van der Waals surface area contributed by atoms with Gasteiger partial charge in [-0.25, -0.2) is 0 Å². The Balaban J connectivity index is 1.74. The molecule has 5 nitrogen and oxygen atoms in total. The Morgan fingerprint density at radius 1 is 1.56 bits per heavy atom. The van der Waals surface area contributed by atoms with Crippen molar-refractivity contribution in [3.05, 3.63) is 0 Å². The Labute approximate surface area is 94.6 Å². The average Bonchev–Trinajstić information content (AvgIpc) is 2.89. The summed E-state index contributed by atoms with van der Waals surface area (Å²) in [4.78, 5) is 22.7. The quantitative estimate of drug-likeness (QED) is 0.586. The molecule has 0 aromatic rings. The van der Waals surface area contributed by atoms with Crippen LogP contribution in [0, 0.1) is 11.3 Å². The van der Waals surface area contributed by atoms with Crippen molar-refractivity contribution in [1.29, 1.82) is 0 Å². The second-order valence-electron chi connectivity index (χ2n) is 4.90. The molecule has 1 saturated carbocycles. The van der Waals surface area contributed by atoms with Crippen molar-refractivity contribution in [2.45, 2.75) is 25.7 Å². The second kappa shape index (κ2) is 4.41. The van der Waals surface area contributed by atoms with Gasteiger partial charge in [-0.2, -0.15) is 0 Å². The van der Waals surface area contributed by atoms with Gasteiger partial charge in [0.05, 0.1) is 5.92 Å². The largest absolute Gasteiger partial charge is 0.396 e. The molecule has 0 radical (unpaired) electrons. The molecule has 1 aliphatic carbocycles. The van der Waals surface area contributed by atoms with Crippen molar-refractivity contribution < 1.29 is 14.7 Å². The van der Waals surface area contributed by atoms with Crippen LogP contribution >= 0.6 is 0 Å². The molecule has 90 valence electrons. The van der Waals surface area contributed by atoms with E-state index < -0.39 is 0 Å². The molecule has 1 heterocycles. The van der Waals surface area contributed by atoms with Gasteiger partial charge in [0.25, 0.3) is 0 Å². The SMILES string of the molecule is O=C1CC(C(=O)NCC2(CCO)CC2)CN1. The zero-order valence-corrected chi connectivity index (χ0v) is 9.29. The number of amides is 2. The maximum Gasteiger partial charge on any atom is 0.225 e. The molecular weight excluding hydrogens is 208 g/mol. The maximum atomic E-state index is 11.7. The predicted octanol–water partition coefficient (Wildman–Crippen LogP) is -0.599. The smallest absolute Gasteiger partial charge is 0.225 e. The fraction of sp³-hybridized carbons (Fsp3) is 0.818. The minimum Gasteiger partial charge on any atom is -0.396 e. The number of nitrogens with one attached hydrogen (secondary N) is 2. The molecule has 1 saturated heterocycles. The van der Waals surface area contributed by atoms with E-state index in [9.17, 15) is 9.59 Å². The van der Waals surface area contributed by atoms with Gasteiger partial charge < -0.3 is 15.7 Å². The van der Waals surface area contributed by atoms with Gasteiger partial charge in [0, 0.05) is 26.1 Å². The number of carbonyl (C=O) groups excluding carboxylic acids is 2. The number of hydrogen-bond acceptors (Lipinski definition) is 3. The molecule has 1 unspecified atom stereocenters. The van der Waals surface area contributed by atoms with Crippen LogP contribution < -0.4 is 10.6 Å². The van der Waals surface area contributed by atoms with E-state index in [2.05, 4.69) is 10.6 Å². The van der Waals surface area contributed by atoms with Crippen LogP contribution in [0.25, 0.3) is 0 Å². The van der Waals surface area contributed by atoms with E-state index in [0.29, 0.717) is 19.5 Å². The van der Waals surface area contributed by atoms with E-state index in [1.807, 2.05) is 0 Å². The number of rotatable bonds is 5. The van der Waals surface area contributed by atoms with Crippen LogP contribution in [0.2, 0.25) is 0 Å². The molecule has 2 amide bonds. The van der Waals surface area contributed by atoms with Crippen molar-refractivity contribution in [1.82, 2.24) is 10.6 Å². The van der Waals surface area contributed by atoms with Crippen LogP contribution in [-0.4, -0.2) is 36.6 Å². The predicted molar refractivity (Wildman–Crippen MR) is 57.5 cm³/mol. The average molecular weight is 226 g/mol. The van der Waals surface area contributed by atoms with Gasteiger partial charge in [-0.3, -0.25) is 9.59 Å². The number of hydrogen-bond donors (Lipinski definition) is 3. The summed E-state index contributed by atoms with van der Waals surface area (Å²) >= 11 is 0. The first kappa shape index (κ1) is 11.4. The molecule has 5 heteroatoms. The summed E-state index contributed by atoms with van der Waals surface area (Å²) in [5.41, 5.74) is 0.139. The molecular formula is C11H18N2O3. The number of aliphatic hydroxyl groups is 1. The van der Waals surface area contributed by atoms with Crippen LogP contribution in [0.1, 0.15) is 25.7 Å². The van der Waals surface area contributed by atoms with E-state index in [1.54, 1.807) is 0 Å². The van der Waals surface area contributed by atoms with Gasteiger partial charge in [0.15, 0.2) is 0 Å². The molecule has 0 aromatic heterocycles. The van der Waals surface area contributed by atoms with Crippen molar-refractivity contribution in [2.24, 2.45) is 11.3 Å². The Bertz CT molecular complexity index is 300. The normalized spacial score (nSPS) is 26.3. The van der Waals surface area contributed by atoms with Gasteiger partial charge in [-0.1, -0.05) is 0 Å². The fourth-order valence-corrected chi connectivity index (χ4v) is 2.14. The van der Waals surface area contributed by atoms with Gasteiger partial charge in [0.2, 0.25) is 11.8 Å². The van der Waals surface area contributed by atoms with Crippen molar-refractivity contribution in [3.8, 4) is 0 Å². The molecule has 2 fully saturated rings. The van der Waals surface area contributed by atoms with E-state index in [1.165, 1.54) is 0 Å². The Morgan fingerprint density at radius 2 is 2.31 bits per heavy atom. The summed E-state index contributed by atoms with van der Waals surface area (Å²) in [7, 11) is 0. The van der Waals surface area contributed by atoms with Gasteiger partial charge in [-0.15, -0.1) is 0 Å². The Morgan fingerprint density at radius 3 is 2.81 bits per heavy atom. The standard InChI is InChI=1S/C11H18N2O3/c14-4-3-11(1-2-11)7-13-10(16)8-5-9(15)12-6-8/h8,14H,1-7H2,(H,12,15)(H,13,16). The first-order valence-electron chi connectivity index (χ1n) is 5.80. The summed E-state index contributed by atoms with van der Waals surface area (Å²) in [5.74, 6) is -0.295. The zero-order valence-electron chi connectivity index (χ0n) is 9.29. The molecule has 16 heavy (non-hydrogen) atoms.